The molecule has 1 atom stereocenters. The minimum absolute atomic E-state index is 0.000176. The van der Waals surface area contributed by atoms with Crippen LogP contribution in [0.25, 0.3) is 0 Å². The number of ether oxygens (including phenoxy) is 1. The lowest BCUT2D eigenvalue weighted by molar-refractivity contribution is -0.125. The Hall–Kier alpha value is -3.63. The molecule has 2 fully saturated rings. The topological polar surface area (TPSA) is 137 Å². The molecule has 33 heavy (non-hydrogen) atoms. The third-order valence-electron chi connectivity index (χ3n) is 5.12. The van der Waals surface area contributed by atoms with Crippen molar-refractivity contribution >= 4 is 41.2 Å². The number of rotatable bonds is 6. The first-order valence-electron chi connectivity index (χ1n) is 10.8. The Kier molecular flexibility index (Phi) is 7.19. The van der Waals surface area contributed by atoms with Crippen molar-refractivity contribution in [3.05, 3.63) is 24.3 Å². The second-order valence-corrected chi connectivity index (χ2v) is 8.90. The molecule has 0 saturated carbocycles. The Morgan fingerprint density at radius 3 is 2.30 bits per heavy atom. The fourth-order valence-corrected chi connectivity index (χ4v) is 3.56. The Labute approximate surface area is 191 Å². The number of nitrogens with zero attached hydrogens (tertiary/aromatic N) is 2. The van der Waals surface area contributed by atoms with Crippen LogP contribution in [0.4, 0.5) is 21.0 Å². The van der Waals surface area contributed by atoms with Gasteiger partial charge in [-0.05, 0) is 57.9 Å². The van der Waals surface area contributed by atoms with E-state index in [9.17, 15) is 24.0 Å². The number of imide groups is 1. The van der Waals surface area contributed by atoms with Crippen LogP contribution < -0.4 is 16.0 Å². The lowest BCUT2D eigenvalue weighted by atomic mass is 10.2. The number of amides is 6. The second kappa shape index (κ2) is 9.88. The van der Waals surface area contributed by atoms with E-state index >= 15 is 0 Å². The molecular formula is C22H29N5O6. The van der Waals surface area contributed by atoms with Gasteiger partial charge in [0.1, 0.15) is 11.6 Å². The summed E-state index contributed by atoms with van der Waals surface area (Å²) < 4.78 is 5.39. The largest absolute Gasteiger partial charge is 0.444 e. The van der Waals surface area contributed by atoms with Crippen molar-refractivity contribution in [1.82, 2.24) is 15.1 Å². The summed E-state index contributed by atoms with van der Waals surface area (Å²) in [6.45, 7) is 5.74. The molecule has 0 radical (unpaired) electrons. The summed E-state index contributed by atoms with van der Waals surface area (Å²) in [4.78, 5) is 62.7. The van der Waals surface area contributed by atoms with Crippen LogP contribution in [0.3, 0.4) is 0 Å². The summed E-state index contributed by atoms with van der Waals surface area (Å²) in [7, 11) is 0. The number of hydrogen-bond acceptors (Lipinski definition) is 6. The van der Waals surface area contributed by atoms with Crippen molar-refractivity contribution in [2.45, 2.75) is 51.7 Å². The van der Waals surface area contributed by atoms with E-state index in [-0.39, 0.29) is 37.2 Å². The van der Waals surface area contributed by atoms with Gasteiger partial charge in [0.15, 0.2) is 0 Å². The van der Waals surface area contributed by atoms with E-state index in [1.807, 2.05) is 0 Å². The van der Waals surface area contributed by atoms with Gasteiger partial charge < -0.3 is 20.7 Å². The Morgan fingerprint density at radius 1 is 1.09 bits per heavy atom. The van der Waals surface area contributed by atoms with Crippen molar-refractivity contribution in [1.29, 1.82) is 0 Å². The van der Waals surface area contributed by atoms with E-state index < -0.39 is 23.8 Å². The highest BCUT2D eigenvalue weighted by molar-refractivity contribution is 6.02. The third kappa shape index (κ3) is 6.43. The van der Waals surface area contributed by atoms with Crippen molar-refractivity contribution in [3.63, 3.8) is 0 Å². The first-order valence-corrected chi connectivity index (χ1v) is 10.8. The average molecular weight is 460 g/mol. The van der Waals surface area contributed by atoms with Gasteiger partial charge in [-0.2, -0.15) is 0 Å². The second-order valence-electron chi connectivity index (χ2n) is 8.90. The molecule has 0 bridgehead atoms. The number of nitrogens with one attached hydrogen (secondary N) is 3. The first kappa shape index (κ1) is 24.0. The maximum atomic E-state index is 12.7. The van der Waals surface area contributed by atoms with Gasteiger partial charge in [-0.15, -0.1) is 0 Å². The molecule has 1 aromatic rings. The SMILES string of the molecule is CC(C)(C)OC(=O)N1CCC[C@H]1C(=O)Nc1ccc(NC(=O)CCN2C(=O)CNC2=O)cc1. The van der Waals surface area contributed by atoms with Gasteiger partial charge in [-0.25, -0.2) is 9.59 Å². The molecule has 178 valence electrons. The highest BCUT2D eigenvalue weighted by atomic mass is 16.6. The quantitative estimate of drug-likeness (QED) is 0.556. The molecule has 2 heterocycles. The molecular weight excluding hydrogens is 430 g/mol. The predicted molar refractivity (Wildman–Crippen MR) is 119 cm³/mol. The zero-order chi connectivity index (χ0) is 24.2. The maximum Gasteiger partial charge on any atom is 0.410 e. The van der Waals surface area contributed by atoms with Gasteiger partial charge in [0, 0.05) is 30.9 Å². The molecule has 0 aliphatic carbocycles. The van der Waals surface area contributed by atoms with Crippen LogP contribution in [0.2, 0.25) is 0 Å². The fourth-order valence-electron chi connectivity index (χ4n) is 3.56. The Bertz CT molecular complexity index is 924. The monoisotopic (exact) mass is 459 g/mol. The number of urea groups is 1. The molecule has 1 aromatic carbocycles. The van der Waals surface area contributed by atoms with Crippen LogP contribution >= 0.6 is 0 Å². The van der Waals surface area contributed by atoms with Gasteiger partial charge in [0.25, 0.3) is 0 Å². The van der Waals surface area contributed by atoms with Crippen LogP contribution in [-0.2, 0) is 19.1 Å². The average Bonchev–Trinajstić information content (AvgIpc) is 3.34. The van der Waals surface area contributed by atoms with Gasteiger partial charge in [-0.1, -0.05) is 0 Å². The molecule has 6 amide bonds. The molecule has 3 rings (SSSR count). The number of likely N-dealkylation sites (tertiary alicyclic amines) is 1. The molecule has 2 aliphatic heterocycles. The maximum absolute atomic E-state index is 12.7. The summed E-state index contributed by atoms with van der Waals surface area (Å²) >= 11 is 0. The number of benzene rings is 1. The third-order valence-corrected chi connectivity index (χ3v) is 5.12. The standard InChI is InChI=1S/C22H29N5O6/c1-22(2,3)33-21(32)26-11-4-5-16(26)19(30)25-15-8-6-14(7-9-15)24-17(28)10-12-27-18(29)13-23-20(27)31/h6-9,16H,4-5,10-13H2,1-3H3,(H,23,31)(H,24,28)(H,25,30)/t16-/m0/s1. The van der Waals surface area contributed by atoms with Gasteiger partial charge in [-0.3, -0.25) is 24.2 Å². The van der Waals surface area contributed by atoms with Crippen LogP contribution in [-0.4, -0.2) is 70.9 Å². The summed E-state index contributed by atoms with van der Waals surface area (Å²) in [6, 6.07) is 5.42. The number of anilines is 2. The molecule has 0 aromatic heterocycles. The van der Waals surface area contributed by atoms with Crippen molar-refractivity contribution in [2.75, 3.05) is 30.3 Å². The van der Waals surface area contributed by atoms with Crippen molar-refractivity contribution < 1.29 is 28.7 Å². The first-order chi connectivity index (χ1) is 15.5. The lowest BCUT2D eigenvalue weighted by Gasteiger charge is -2.28. The van der Waals surface area contributed by atoms with Crippen LogP contribution in [0.15, 0.2) is 24.3 Å². The van der Waals surface area contributed by atoms with E-state index in [0.29, 0.717) is 30.8 Å². The zero-order valence-electron chi connectivity index (χ0n) is 19.0. The molecule has 0 unspecified atom stereocenters. The molecule has 0 spiro atoms. The normalized spacial score (nSPS) is 18.2. The van der Waals surface area contributed by atoms with Crippen molar-refractivity contribution in [2.24, 2.45) is 0 Å². The van der Waals surface area contributed by atoms with E-state index in [4.69, 9.17) is 4.74 Å². The molecule has 11 heteroatoms. The van der Waals surface area contributed by atoms with E-state index in [1.54, 1.807) is 45.0 Å². The lowest BCUT2D eigenvalue weighted by Crippen LogP contribution is -2.45. The number of hydrogen-bond donors (Lipinski definition) is 3. The summed E-state index contributed by atoms with van der Waals surface area (Å²) in [5.74, 6) is -1.01. The summed E-state index contributed by atoms with van der Waals surface area (Å²) in [6.07, 6.45) is 0.732. The highest BCUT2D eigenvalue weighted by Gasteiger charge is 2.36. The van der Waals surface area contributed by atoms with Crippen LogP contribution in [0, 0.1) is 0 Å². The van der Waals surface area contributed by atoms with Gasteiger partial charge in [0.05, 0.1) is 6.54 Å². The highest BCUT2D eigenvalue weighted by Crippen LogP contribution is 2.23. The number of carbonyl (C=O) groups excluding carboxylic acids is 5. The van der Waals surface area contributed by atoms with Crippen LogP contribution in [0.1, 0.15) is 40.0 Å². The van der Waals surface area contributed by atoms with Gasteiger partial charge in [0.2, 0.25) is 17.7 Å². The van der Waals surface area contributed by atoms with Crippen molar-refractivity contribution in [3.8, 4) is 0 Å². The van der Waals surface area contributed by atoms with E-state index in [2.05, 4.69) is 16.0 Å². The zero-order valence-corrected chi connectivity index (χ0v) is 19.0. The summed E-state index contributed by atoms with van der Waals surface area (Å²) in [5.41, 5.74) is 0.386. The number of carbonyl (C=O) groups is 5. The minimum atomic E-state index is -0.641. The molecule has 3 N–H and O–H groups in total. The van der Waals surface area contributed by atoms with E-state index in [1.165, 1.54) is 4.90 Å². The molecule has 2 aliphatic rings. The Morgan fingerprint density at radius 2 is 1.73 bits per heavy atom. The van der Waals surface area contributed by atoms with Gasteiger partial charge >= 0.3 is 12.1 Å². The smallest absolute Gasteiger partial charge is 0.410 e. The van der Waals surface area contributed by atoms with E-state index in [0.717, 1.165) is 4.90 Å². The Balaban J connectivity index is 1.50. The fraction of sp³-hybridized carbons (Fsp3) is 0.500. The minimum Gasteiger partial charge on any atom is -0.444 e. The molecule has 2 saturated heterocycles. The molecule has 11 nitrogen and oxygen atoms in total. The predicted octanol–water partition coefficient (Wildman–Crippen LogP) is 1.90. The summed E-state index contributed by atoms with van der Waals surface area (Å²) in [5, 5.41) is 7.87. The van der Waals surface area contributed by atoms with Crippen LogP contribution in [0.5, 0.6) is 0 Å².